The highest BCUT2D eigenvalue weighted by molar-refractivity contribution is 5.99. The van der Waals surface area contributed by atoms with Crippen LogP contribution in [0.4, 0.5) is 10.6 Å². The maximum absolute atomic E-state index is 12.1. The Balaban J connectivity index is 2.15. The third-order valence-electron chi connectivity index (χ3n) is 3.35. The zero-order valence-corrected chi connectivity index (χ0v) is 14.2. The lowest BCUT2D eigenvalue weighted by atomic mass is 10.2. The lowest BCUT2D eigenvalue weighted by Crippen LogP contribution is -2.20. The lowest BCUT2D eigenvalue weighted by Gasteiger charge is -2.11. The number of aliphatic hydroxyl groups excluding tert-OH is 1. The van der Waals surface area contributed by atoms with Crippen molar-refractivity contribution in [1.29, 1.82) is 0 Å². The van der Waals surface area contributed by atoms with Crippen molar-refractivity contribution < 1.29 is 24.2 Å². The largest absolute Gasteiger partial charge is 0.462 e. The number of aromatic nitrogens is 2. The SMILES string of the molecule is CCOC(=O)c1c(C)nn(CCO)c1NC(=O)OCc1ccccc1. The summed E-state index contributed by atoms with van der Waals surface area (Å²) in [5.74, 6) is -0.453. The van der Waals surface area contributed by atoms with E-state index in [0.29, 0.717) is 5.69 Å². The van der Waals surface area contributed by atoms with Gasteiger partial charge in [0.2, 0.25) is 0 Å². The number of aliphatic hydroxyl groups is 1. The fraction of sp³-hybridized carbons (Fsp3) is 0.353. The molecule has 0 fully saturated rings. The highest BCUT2D eigenvalue weighted by Crippen LogP contribution is 2.21. The average molecular weight is 347 g/mol. The molecule has 0 aliphatic rings. The zero-order valence-electron chi connectivity index (χ0n) is 14.2. The second-order valence-electron chi connectivity index (χ2n) is 5.16. The molecule has 2 rings (SSSR count). The second-order valence-corrected chi connectivity index (χ2v) is 5.16. The Morgan fingerprint density at radius 1 is 1.24 bits per heavy atom. The summed E-state index contributed by atoms with van der Waals surface area (Å²) in [7, 11) is 0. The van der Waals surface area contributed by atoms with Crippen LogP contribution < -0.4 is 5.32 Å². The van der Waals surface area contributed by atoms with E-state index >= 15 is 0 Å². The van der Waals surface area contributed by atoms with Gasteiger partial charge in [0, 0.05) is 0 Å². The maximum atomic E-state index is 12.1. The van der Waals surface area contributed by atoms with E-state index in [4.69, 9.17) is 14.6 Å². The summed E-state index contributed by atoms with van der Waals surface area (Å²) in [5, 5.41) is 15.8. The lowest BCUT2D eigenvalue weighted by molar-refractivity contribution is 0.0526. The highest BCUT2D eigenvalue weighted by atomic mass is 16.5. The Morgan fingerprint density at radius 3 is 2.60 bits per heavy atom. The van der Waals surface area contributed by atoms with Crippen LogP contribution in [0.1, 0.15) is 28.5 Å². The second kappa shape index (κ2) is 8.84. The molecule has 0 saturated carbocycles. The molecule has 0 atom stereocenters. The summed E-state index contributed by atoms with van der Waals surface area (Å²) >= 11 is 0. The molecule has 134 valence electrons. The predicted octanol–water partition coefficient (Wildman–Crippen LogP) is 2.11. The Bertz CT molecular complexity index is 727. The van der Waals surface area contributed by atoms with Crippen molar-refractivity contribution in [2.45, 2.75) is 27.0 Å². The first-order valence-corrected chi connectivity index (χ1v) is 7.89. The van der Waals surface area contributed by atoms with Crippen LogP contribution in [0.25, 0.3) is 0 Å². The third kappa shape index (κ3) is 4.80. The van der Waals surface area contributed by atoms with Gasteiger partial charge in [0.25, 0.3) is 0 Å². The fourth-order valence-corrected chi connectivity index (χ4v) is 2.27. The molecule has 0 spiro atoms. The summed E-state index contributed by atoms with van der Waals surface area (Å²) in [4.78, 5) is 24.2. The smallest absolute Gasteiger partial charge is 0.413 e. The molecule has 1 amide bonds. The Hall–Kier alpha value is -2.87. The molecule has 0 radical (unpaired) electrons. The van der Waals surface area contributed by atoms with Crippen LogP contribution in [-0.2, 0) is 22.6 Å². The number of hydrogen-bond donors (Lipinski definition) is 2. The predicted molar refractivity (Wildman–Crippen MR) is 90.3 cm³/mol. The molecule has 8 heteroatoms. The monoisotopic (exact) mass is 347 g/mol. The van der Waals surface area contributed by atoms with E-state index in [9.17, 15) is 9.59 Å². The van der Waals surface area contributed by atoms with Gasteiger partial charge in [-0.2, -0.15) is 5.10 Å². The number of amides is 1. The van der Waals surface area contributed by atoms with E-state index < -0.39 is 12.1 Å². The van der Waals surface area contributed by atoms with Gasteiger partial charge in [-0.25, -0.2) is 14.3 Å². The van der Waals surface area contributed by atoms with Crippen LogP contribution in [0.15, 0.2) is 30.3 Å². The molecular formula is C17H21N3O5. The summed E-state index contributed by atoms with van der Waals surface area (Å²) in [5.41, 5.74) is 1.38. The van der Waals surface area contributed by atoms with Crippen molar-refractivity contribution in [3.05, 3.63) is 47.2 Å². The minimum Gasteiger partial charge on any atom is -0.462 e. The molecule has 2 N–H and O–H groups in total. The van der Waals surface area contributed by atoms with Crippen LogP contribution in [-0.4, -0.2) is 40.2 Å². The molecule has 1 aromatic carbocycles. The van der Waals surface area contributed by atoms with Gasteiger partial charge in [-0.05, 0) is 19.4 Å². The molecule has 0 aliphatic carbocycles. The number of anilines is 1. The Morgan fingerprint density at radius 2 is 1.96 bits per heavy atom. The van der Waals surface area contributed by atoms with Gasteiger partial charge < -0.3 is 14.6 Å². The Labute approximate surface area is 145 Å². The number of hydrogen-bond acceptors (Lipinski definition) is 6. The summed E-state index contributed by atoms with van der Waals surface area (Å²) in [6.07, 6.45) is -0.728. The van der Waals surface area contributed by atoms with Gasteiger partial charge in [0.15, 0.2) is 0 Å². The van der Waals surface area contributed by atoms with Gasteiger partial charge in [0.05, 0.1) is 25.5 Å². The van der Waals surface area contributed by atoms with E-state index in [1.807, 2.05) is 30.3 Å². The molecule has 0 unspecified atom stereocenters. The molecule has 1 heterocycles. The van der Waals surface area contributed by atoms with Crippen molar-refractivity contribution in [2.24, 2.45) is 0 Å². The molecule has 1 aromatic heterocycles. The quantitative estimate of drug-likeness (QED) is 0.744. The number of carbonyl (C=O) groups excluding carboxylic acids is 2. The number of carbonyl (C=O) groups is 2. The van der Waals surface area contributed by atoms with Gasteiger partial charge in [0.1, 0.15) is 18.0 Å². The molecule has 0 aliphatic heterocycles. The van der Waals surface area contributed by atoms with Crippen LogP contribution in [0.3, 0.4) is 0 Å². The van der Waals surface area contributed by atoms with Gasteiger partial charge in [-0.1, -0.05) is 30.3 Å². The van der Waals surface area contributed by atoms with E-state index in [1.54, 1.807) is 13.8 Å². The maximum Gasteiger partial charge on any atom is 0.413 e. The van der Waals surface area contributed by atoms with Crippen molar-refractivity contribution in [3.63, 3.8) is 0 Å². The summed E-state index contributed by atoms with van der Waals surface area (Å²) < 4.78 is 11.5. The minimum absolute atomic E-state index is 0.0918. The van der Waals surface area contributed by atoms with Crippen LogP contribution >= 0.6 is 0 Å². The average Bonchev–Trinajstić information content (AvgIpc) is 2.90. The topological polar surface area (TPSA) is 103 Å². The number of benzene rings is 1. The molecular weight excluding hydrogens is 326 g/mol. The van der Waals surface area contributed by atoms with Crippen molar-refractivity contribution in [1.82, 2.24) is 9.78 Å². The third-order valence-corrected chi connectivity index (χ3v) is 3.35. The minimum atomic E-state index is -0.728. The molecule has 2 aromatic rings. The summed E-state index contributed by atoms with van der Waals surface area (Å²) in [6.45, 7) is 3.52. The molecule has 0 bridgehead atoms. The zero-order chi connectivity index (χ0) is 18.2. The first-order chi connectivity index (χ1) is 12.1. The first kappa shape index (κ1) is 18.5. The number of ether oxygens (including phenoxy) is 2. The van der Waals surface area contributed by atoms with E-state index in [0.717, 1.165) is 5.56 Å². The molecule has 8 nitrogen and oxygen atoms in total. The highest BCUT2D eigenvalue weighted by Gasteiger charge is 2.24. The van der Waals surface area contributed by atoms with Gasteiger partial charge >= 0.3 is 12.1 Å². The number of esters is 1. The van der Waals surface area contributed by atoms with Crippen LogP contribution in [0, 0.1) is 6.92 Å². The Kier molecular flexibility index (Phi) is 6.53. The standard InChI is InChI=1S/C17H21N3O5/c1-3-24-16(22)14-12(2)19-20(9-10-21)15(14)18-17(23)25-11-13-7-5-4-6-8-13/h4-8,21H,3,9-11H2,1-2H3,(H,18,23). The van der Waals surface area contributed by atoms with Crippen molar-refractivity contribution in [3.8, 4) is 0 Å². The fourth-order valence-electron chi connectivity index (χ4n) is 2.27. The first-order valence-electron chi connectivity index (χ1n) is 7.89. The summed E-state index contributed by atoms with van der Waals surface area (Å²) in [6, 6.07) is 9.21. The molecule has 25 heavy (non-hydrogen) atoms. The number of nitrogens with one attached hydrogen (secondary N) is 1. The normalized spacial score (nSPS) is 10.4. The van der Waals surface area contributed by atoms with Crippen LogP contribution in [0.2, 0.25) is 0 Å². The number of aryl methyl sites for hydroxylation is 1. The van der Waals surface area contributed by atoms with E-state index in [-0.39, 0.29) is 37.7 Å². The van der Waals surface area contributed by atoms with Crippen molar-refractivity contribution >= 4 is 17.9 Å². The van der Waals surface area contributed by atoms with E-state index in [1.165, 1.54) is 4.68 Å². The number of nitrogens with zero attached hydrogens (tertiary/aromatic N) is 2. The number of rotatable bonds is 7. The van der Waals surface area contributed by atoms with Gasteiger partial charge in [-0.3, -0.25) is 5.32 Å². The molecule has 0 saturated heterocycles. The van der Waals surface area contributed by atoms with Crippen molar-refractivity contribution in [2.75, 3.05) is 18.5 Å². The van der Waals surface area contributed by atoms with Crippen LogP contribution in [0.5, 0.6) is 0 Å². The van der Waals surface area contributed by atoms with E-state index in [2.05, 4.69) is 10.4 Å². The van der Waals surface area contributed by atoms with Gasteiger partial charge in [-0.15, -0.1) is 0 Å².